The first-order valence-electron chi connectivity index (χ1n) is 8.51. The van der Waals surface area contributed by atoms with Gasteiger partial charge in [-0.1, -0.05) is 6.92 Å². The van der Waals surface area contributed by atoms with E-state index in [4.69, 9.17) is 4.98 Å². The fourth-order valence-electron chi connectivity index (χ4n) is 4.01. The van der Waals surface area contributed by atoms with Crippen molar-refractivity contribution in [1.29, 1.82) is 0 Å². The van der Waals surface area contributed by atoms with Crippen LogP contribution < -0.4 is 0 Å². The highest BCUT2D eigenvalue weighted by atomic mass is 15.2. The van der Waals surface area contributed by atoms with Gasteiger partial charge in [-0.25, -0.2) is 4.98 Å². The summed E-state index contributed by atoms with van der Waals surface area (Å²) >= 11 is 0. The Hall–Kier alpha value is -1.35. The second-order valence-electron chi connectivity index (χ2n) is 7.01. The standard InChI is InChI=1S/C18H25N3/c1-13-5-4-8-21(11-13)12-18-19-16-9-14-6-2-3-7-15(14)10-17(16)20-18/h9-10,13H,2-8,11-12H2,1H3,(H,19,20). The minimum absolute atomic E-state index is 0.829. The van der Waals surface area contributed by atoms with E-state index in [0.717, 1.165) is 23.8 Å². The first-order chi connectivity index (χ1) is 10.3. The molecule has 3 nitrogen and oxygen atoms in total. The molecule has 1 fully saturated rings. The smallest absolute Gasteiger partial charge is 0.121 e. The van der Waals surface area contributed by atoms with Crippen LogP contribution in [0.5, 0.6) is 0 Å². The number of fused-ring (bicyclic) bond motifs is 2. The zero-order valence-corrected chi connectivity index (χ0v) is 13.0. The van der Waals surface area contributed by atoms with Crippen molar-refractivity contribution in [3.8, 4) is 0 Å². The van der Waals surface area contributed by atoms with E-state index < -0.39 is 0 Å². The van der Waals surface area contributed by atoms with Crippen LogP contribution in [0.3, 0.4) is 0 Å². The molecule has 1 atom stereocenters. The summed E-state index contributed by atoms with van der Waals surface area (Å²) in [5.74, 6) is 1.97. The molecule has 4 rings (SSSR count). The van der Waals surface area contributed by atoms with Crippen LogP contribution in [0.15, 0.2) is 12.1 Å². The van der Waals surface area contributed by atoms with E-state index in [-0.39, 0.29) is 0 Å². The van der Waals surface area contributed by atoms with E-state index in [1.54, 1.807) is 0 Å². The van der Waals surface area contributed by atoms with Crippen molar-refractivity contribution in [2.24, 2.45) is 5.92 Å². The number of H-pyrrole nitrogens is 1. The van der Waals surface area contributed by atoms with E-state index in [1.165, 1.54) is 68.3 Å². The van der Waals surface area contributed by atoms with Crippen LogP contribution in [-0.4, -0.2) is 28.0 Å². The van der Waals surface area contributed by atoms with Crippen LogP contribution >= 0.6 is 0 Å². The number of nitrogens with zero attached hydrogens (tertiary/aromatic N) is 2. The molecule has 1 aromatic carbocycles. The Labute approximate surface area is 126 Å². The fraction of sp³-hybridized carbons (Fsp3) is 0.611. The number of nitrogens with one attached hydrogen (secondary N) is 1. The van der Waals surface area contributed by atoms with Gasteiger partial charge in [-0.15, -0.1) is 0 Å². The number of likely N-dealkylation sites (tertiary alicyclic amines) is 1. The highest BCUT2D eigenvalue weighted by Crippen LogP contribution is 2.26. The Balaban J connectivity index is 1.58. The van der Waals surface area contributed by atoms with Gasteiger partial charge in [0.1, 0.15) is 5.82 Å². The Morgan fingerprint density at radius 2 is 2.00 bits per heavy atom. The number of aromatic amines is 1. The predicted octanol–water partition coefficient (Wildman–Crippen LogP) is 3.67. The van der Waals surface area contributed by atoms with Crippen molar-refractivity contribution in [2.45, 2.75) is 52.0 Å². The summed E-state index contributed by atoms with van der Waals surface area (Å²) < 4.78 is 0. The molecule has 1 aromatic heterocycles. The van der Waals surface area contributed by atoms with Crippen molar-refractivity contribution >= 4 is 11.0 Å². The van der Waals surface area contributed by atoms with Crippen LogP contribution in [0.4, 0.5) is 0 Å². The molecule has 2 aliphatic rings. The monoisotopic (exact) mass is 283 g/mol. The van der Waals surface area contributed by atoms with Gasteiger partial charge in [0.2, 0.25) is 0 Å². The van der Waals surface area contributed by atoms with Gasteiger partial charge < -0.3 is 4.98 Å². The second-order valence-corrected chi connectivity index (χ2v) is 7.01. The van der Waals surface area contributed by atoms with Crippen LogP contribution in [0.1, 0.15) is 49.6 Å². The maximum atomic E-state index is 4.84. The molecule has 2 aromatic rings. The van der Waals surface area contributed by atoms with Crippen molar-refractivity contribution in [1.82, 2.24) is 14.9 Å². The maximum Gasteiger partial charge on any atom is 0.121 e. The third-order valence-corrected chi connectivity index (χ3v) is 5.11. The summed E-state index contributed by atoms with van der Waals surface area (Å²) in [6, 6.07) is 4.67. The van der Waals surface area contributed by atoms with Gasteiger partial charge in [0.05, 0.1) is 17.6 Å². The number of imidazole rings is 1. The first-order valence-corrected chi connectivity index (χ1v) is 8.51. The lowest BCUT2D eigenvalue weighted by atomic mass is 9.91. The molecule has 0 spiro atoms. The average Bonchev–Trinajstić information content (AvgIpc) is 2.85. The first kappa shape index (κ1) is 13.3. The number of aryl methyl sites for hydroxylation is 2. The number of benzene rings is 1. The molecule has 3 heteroatoms. The SMILES string of the molecule is CC1CCCN(Cc2nc3cc4c(cc3[nH]2)CCCC4)C1. The Bertz CT molecular complexity index is 600. The molecule has 2 heterocycles. The van der Waals surface area contributed by atoms with Crippen molar-refractivity contribution in [3.05, 3.63) is 29.1 Å². The summed E-state index contributed by atoms with van der Waals surface area (Å²) in [6.45, 7) is 5.77. The second kappa shape index (κ2) is 5.45. The summed E-state index contributed by atoms with van der Waals surface area (Å²) in [4.78, 5) is 10.9. The molecular formula is C18H25N3. The van der Waals surface area contributed by atoms with Gasteiger partial charge in [0.15, 0.2) is 0 Å². The van der Waals surface area contributed by atoms with Crippen molar-refractivity contribution in [3.63, 3.8) is 0 Å². The van der Waals surface area contributed by atoms with E-state index in [2.05, 4.69) is 28.9 Å². The van der Waals surface area contributed by atoms with Crippen LogP contribution in [0.25, 0.3) is 11.0 Å². The van der Waals surface area contributed by atoms with Gasteiger partial charge in [0.25, 0.3) is 0 Å². The normalized spacial score (nSPS) is 23.4. The highest BCUT2D eigenvalue weighted by Gasteiger charge is 2.18. The summed E-state index contributed by atoms with van der Waals surface area (Å²) in [5.41, 5.74) is 5.46. The topological polar surface area (TPSA) is 31.9 Å². The third kappa shape index (κ3) is 2.71. The number of hydrogen-bond acceptors (Lipinski definition) is 2. The molecule has 1 aliphatic heterocycles. The van der Waals surface area contributed by atoms with Gasteiger partial charge in [0, 0.05) is 6.54 Å². The van der Waals surface area contributed by atoms with Gasteiger partial charge in [-0.3, -0.25) is 4.90 Å². The highest BCUT2D eigenvalue weighted by molar-refractivity contribution is 5.77. The average molecular weight is 283 g/mol. The minimum Gasteiger partial charge on any atom is -0.341 e. The molecule has 112 valence electrons. The van der Waals surface area contributed by atoms with Gasteiger partial charge in [-0.05, 0) is 74.2 Å². The Morgan fingerprint density at radius 1 is 1.19 bits per heavy atom. The zero-order valence-electron chi connectivity index (χ0n) is 13.0. The van der Waals surface area contributed by atoms with Gasteiger partial charge >= 0.3 is 0 Å². The molecule has 1 saturated heterocycles. The van der Waals surface area contributed by atoms with Crippen LogP contribution in [0.2, 0.25) is 0 Å². The van der Waals surface area contributed by atoms with Crippen LogP contribution in [-0.2, 0) is 19.4 Å². The number of aromatic nitrogens is 2. The lowest BCUT2D eigenvalue weighted by Crippen LogP contribution is -2.34. The lowest BCUT2D eigenvalue weighted by molar-refractivity contribution is 0.173. The lowest BCUT2D eigenvalue weighted by Gasteiger charge is -2.29. The van der Waals surface area contributed by atoms with Crippen LogP contribution in [0, 0.1) is 5.92 Å². The number of rotatable bonds is 2. The quantitative estimate of drug-likeness (QED) is 0.912. The fourth-order valence-corrected chi connectivity index (χ4v) is 4.01. The van der Waals surface area contributed by atoms with E-state index in [0.29, 0.717) is 0 Å². The third-order valence-electron chi connectivity index (χ3n) is 5.11. The maximum absolute atomic E-state index is 4.84. The molecular weight excluding hydrogens is 258 g/mol. The molecule has 0 radical (unpaired) electrons. The van der Waals surface area contributed by atoms with E-state index >= 15 is 0 Å². The number of piperidine rings is 1. The molecule has 0 bridgehead atoms. The van der Waals surface area contributed by atoms with Crippen molar-refractivity contribution < 1.29 is 0 Å². The van der Waals surface area contributed by atoms with E-state index in [9.17, 15) is 0 Å². The number of hydrogen-bond donors (Lipinski definition) is 1. The van der Waals surface area contributed by atoms with E-state index in [1.807, 2.05) is 0 Å². The molecule has 0 amide bonds. The minimum atomic E-state index is 0.829. The van der Waals surface area contributed by atoms with Crippen molar-refractivity contribution in [2.75, 3.05) is 13.1 Å². The molecule has 1 N–H and O–H groups in total. The molecule has 1 aliphatic carbocycles. The molecule has 1 unspecified atom stereocenters. The predicted molar refractivity (Wildman–Crippen MR) is 86.4 cm³/mol. The molecule has 0 saturated carbocycles. The Morgan fingerprint density at radius 3 is 2.81 bits per heavy atom. The summed E-state index contributed by atoms with van der Waals surface area (Å²) in [6.07, 6.45) is 7.85. The summed E-state index contributed by atoms with van der Waals surface area (Å²) in [7, 11) is 0. The Kier molecular flexibility index (Phi) is 3.46. The largest absolute Gasteiger partial charge is 0.341 e. The zero-order chi connectivity index (χ0) is 14.2. The molecule has 21 heavy (non-hydrogen) atoms. The van der Waals surface area contributed by atoms with Gasteiger partial charge in [-0.2, -0.15) is 0 Å². The summed E-state index contributed by atoms with van der Waals surface area (Å²) in [5, 5.41) is 0.